The molecule has 4 heteroatoms. The van der Waals surface area contributed by atoms with Crippen LogP contribution in [0.4, 0.5) is 0 Å². The Morgan fingerprint density at radius 2 is 1.64 bits per heavy atom. The molecule has 126 valence electrons. The van der Waals surface area contributed by atoms with Crippen LogP contribution in [-0.4, -0.2) is 26.5 Å². The Morgan fingerprint density at radius 3 is 2.09 bits per heavy atom. The number of ether oxygens (including phenoxy) is 1. The maximum atomic E-state index is 11.8. The summed E-state index contributed by atoms with van der Waals surface area (Å²) in [5, 5.41) is 0. The van der Waals surface area contributed by atoms with E-state index < -0.39 is 9.84 Å². The number of hydrogen-bond acceptors (Lipinski definition) is 3. The summed E-state index contributed by atoms with van der Waals surface area (Å²) in [5.74, 6) is 2.20. The van der Waals surface area contributed by atoms with Gasteiger partial charge in [0.05, 0.1) is 12.4 Å². The monoisotopic (exact) mass is 326 g/mol. The van der Waals surface area contributed by atoms with Crippen LogP contribution in [0.15, 0.2) is 24.3 Å². The molecule has 0 fully saturated rings. The van der Waals surface area contributed by atoms with E-state index in [-0.39, 0.29) is 23.3 Å². The average molecular weight is 327 g/mol. The molecule has 0 bridgehead atoms. The largest absolute Gasteiger partial charge is 0.493 e. The zero-order valence-electron chi connectivity index (χ0n) is 14.5. The number of rotatable bonds is 9. The molecule has 0 heterocycles. The van der Waals surface area contributed by atoms with Crippen molar-refractivity contribution in [1.29, 1.82) is 0 Å². The summed E-state index contributed by atoms with van der Waals surface area (Å²) in [6.45, 7) is 10.7. The van der Waals surface area contributed by atoms with E-state index in [2.05, 4.69) is 32.9 Å². The number of sulfone groups is 1. The molecule has 22 heavy (non-hydrogen) atoms. The van der Waals surface area contributed by atoms with E-state index in [0.29, 0.717) is 12.5 Å². The summed E-state index contributed by atoms with van der Waals surface area (Å²) in [7, 11) is -2.93. The highest BCUT2D eigenvalue weighted by Gasteiger charge is 2.22. The van der Waals surface area contributed by atoms with E-state index in [9.17, 15) is 8.42 Å². The van der Waals surface area contributed by atoms with Gasteiger partial charge in [-0.15, -0.1) is 0 Å². The quantitative estimate of drug-likeness (QED) is 0.680. The van der Waals surface area contributed by atoms with Gasteiger partial charge in [0.1, 0.15) is 15.6 Å². The summed E-state index contributed by atoms with van der Waals surface area (Å²) in [6, 6.07) is 8.17. The second-order valence-corrected chi connectivity index (χ2v) is 8.78. The lowest BCUT2D eigenvalue weighted by Gasteiger charge is -2.22. The van der Waals surface area contributed by atoms with Crippen LogP contribution in [0.25, 0.3) is 0 Å². The topological polar surface area (TPSA) is 43.4 Å². The molecule has 0 saturated heterocycles. The Bertz CT molecular complexity index is 532. The first kappa shape index (κ1) is 19.0. The molecule has 0 spiro atoms. The second kappa shape index (κ2) is 8.56. The maximum absolute atomic E-state index is 11.8. The van der Waals surface area contributed by atoms with Gasteiger partial charge in [0.2, 0.25) is 0 Å². The van der Waals surface area contributed by atoms with E-state index in [4.69, 9.17) is 4.74 Å². The fourth-order valence-electron chi connectivity index (χ4n) is 2.49. The van der Waals surface area contributed by atoms with Crippen LogP contribution in [0.3, 0.4) is 0 Å². The minimum atomic E-state index is -2.93. The predicted molar refractivity (Wildman–Crippen MR) is 93.3 cm³/mol. The Kier molecular flexibility index (Phi) is 7.40. The highest BCUT2D eigenvalue weighted by molar-refractivity contribution is 7.91. The minimum absolute atomic E-state index is 0.116. The van der Waals surface area contributed by atoms with Crippen LogP contribution in [-0.2, 0) is 9.84 Å². The zero-order chi connectivity index (χ0) is 16.8. The summed E-state index contributed by atoms with van der Waals surface area (Å²) >= 11 is 0. The van der Waals surface area contributed by atoms with Crippen molar-refractivity contribution in [2.45, 2.75) is 47.0 Å². The summed E-state index contributed by atoms with van der Waals surface area (Å²) < 4.78 is 29.4. The third-order valence-corrected chi connectivity index (χ3v) is 6.21. The normalized spacial score (nSPS) is 14.8. The van der Waals surface area contributed by atoms with Gasteiger partial charge >= 0.3 is 0 Å². The first-order valence-electron chi connectivity index (χ1n) is 8.22. The molecular formula is C18H30O3S. The van der Waals surface area contributed by atoms with Gasteiger partial charge in [-0.25, -0.2) is 8.42 Å². The molecular weight excluding hydrogens is 296 g/mol. The summed E-state index contributed by atoms with van der Waals surface area (Å²) in [5.41, 5.74) is 1.29. The van der Waals surface area contributed by atoms with Crippen LogP contribution in [0.2, 0.25) is 0 Å². The standard InChI is InChI=1S/C18H30O3S/c1-6-16(15(5)13-22(19,20)7-2)12-21-18-10-8-17(9-11-18)14(3)4/h8-11,14-16H,6-7,12-13H2,1-5H3. The number of hydrogen-bond donors (Lipinski definition) is 0. The minimum Gasteiger partial charge on any atom is -0.493 e. The first-order chi connectivity index (χ1) is 10.3. The van der Waals surface area contributed by atoms with E-state index in [1.807, 2.05) is 19.1 Å². The molecule has 1 aromatic carbocycles. The van der Waals surface area contributed by atoms with Crippen molar-refractivity contribution in [3.8, 4) is 5.75 Å². The van der Waals surface area contributed by atoms with Crippen molar-refractivity contribution >= 4 is 9.84 Å². The fraction of sp³-hybridized carbons (Fsp3) is 0.667. The van der Waals surface area contributed by atoms with Crippen LogP contribution >= 0.6 is 0 Å². The first-order valence-corrected chi connectivity index (χ1v) is 10.0. The van der Waals surface area contributed by atoms with Crippen LogP contribution < -0.4 is 4.74 Å². The maximum Gasteiger partial charge on any atom is 0.150 e. The smallest absolute Gasteiger partial charge is 0.150 e. The lowest BCUT2D eigenvalue weighted by atomic mass is 9.94. The Morgan fingerprint density at radius 1 is 1.05 bits per heavy atom. The second-order valence-electron chi connectivity index (χ2n) is 6.38. The molecule has 2 atom stereocenters. The lowest BCUT2D eigenvalue weighted by molar-refractivity contribution is 0.206. The third-order valence-electron chi connectivity index (χ3n) is 4.30. The average Bonchev–Trinajstić information content (AvgIpc) is 2.48. The molecule has 0 N–H and O–H groups in total. The fourth-order valence-corrected chi connectivity index (χ4v) is 3.80. The van der Waals surface area contributed by atoms with Crippen LogP contribution in [0, 0.1) is 11.8 Å². The zero-order valence-corrected chi connectivity index (χ0v) is 15.3. The summed E-state index contributed by atoms with van der Waals surface area (Å²) in [4.78, 5) is 0. The Hall–Kier alpha value is -1.03. The van der Waals surface area contributed by atoms with Gasteiger partial charge in [-0.3, -0.25) is 0 Å². The van der Waals surface area contributed by atoms with Gasteiger partial charge < -0.3 is 4.74 Å². The molecule has 3 nitrogen and oxygen atoms in total. The molecule has 1 rings (SSSR count). The van der Waals surface area contributed by atoms with E-state index in [1.165, 1.54) is 5.56 Å². The molecule has 0 aliphatic rings. The van der Waals surface area contributed by atoms with Crippen molar-refractivity contribution in [3.63, 3.8) is 0 Å². The summed E-state index contributed by atoms with van der Waals surface area (Å²) in [6.07, 6.45) is 0.921. The SMILES string of the molecule is CCC(COc1ccc(C(C)C)cc1)C(C)CS(=O)(=O)CC. The Balaban J connectivity index is 2.59. The predicted octanol–water partition coefficient (Wildman–Crippen LogP) is 4.29. The van der Waals surface area contributed by atoms with E-state index in [1.54, 1.807) is 6.92 Å². The van der Waals surface area contributed by atoms with Crippen molar-refractivity contribution in [2.24, 2.45) is 11.8 Å². The van der Waals surface area contributed by atoms with Gasteiger partial charge in [-0.2, -0.15) is 0 Å². The van der Waals surface area contributed by atoms with Crippen LogP contribution in [0.5, 0.6) is 5.75 Å². The van der Waals surface area contributed by atoms with Gasteiger partial charge in [0.15, 0.2) is 0 Å². The van der Waals surface area contributed by atoms with Crippen molar-refractivity contribution in [2.75, 3.05) is 18.1 Å². The van der Waals surface area contributed by atoms with E-state index >= 15 is 0 Å². The van der Waals surface area contributed by atoms with Gasteiger partial charge in [0.25, 0.3) is 0 Å². The van der Waals surface area contributed by atoms with Crippen molar-refractivity contribution in [1.82, 2.24) is 0 Å². The molecule has 0 aliphatic carbocycles. The third kappa shape index (κ3) is 5.99. The number of benzene rings is 1. The van der Waals surface area contributed by atoms with Gasteiger partial charge in [-0.05, 0) is 41.9 Å². The molecule has 0 radical (unpaired) electrons. The van der Waals surface area contributed by atoms with Crippen LogP contribution in [0.1, 0.15) is 52.5 Å². The molecule has 0 aromatic heterocycles. The lowest BCUT2D eigenvalue weighted by Crippen LogP contribution is -2.26. The molecule has 0 amide bonds. The highest BCUT2D eigenvalue weighted by Crippen LogP contribution is 2.22. The van der Waals surface area contributed by atoms with Crippen molar-refractivity contribution < 1.29 is 13.2 Å². The Labute approximate surface area is 136 Å². The van der Waals surface area contributed by atoms with E-state index in [0.717, 1.165) is 12.2 Å². The van der Waals surface area contributed by atoms with Crippen molar-refractivity contribution in [3.05, 3.63) is 29.8 Å². The molecule has 0 aliphatic heterocycles. The molecule has 2 unspecified atom stereocenters. The molecule has 1 aromatic rings. The van der Waals surface area contributed by atoms with Gasteiger partial charge in [0, 0.05) is 5.75 Å². The van der Waals surface area contributed by atoms with Gasteiger partial charge in [-0.1, -0.05) is 46.8 Å². The highest BCUT2D eigenvalue weighted by atomic mass is 32.2. The molecule has 0 saturated carbocycles.